The first-order chi connectivity index (χ1) is 14.4. The number of rotatable bonds is 3. The van der Waals surface area contributed by atoms with Gasteiger partial charge in [0.15, 0.2) is 5.11 Å². The van der Waals surface area contributed by atoms with Crippen LogP contribution in [0.2, 0.25) is 0 Å². The smallest absolute Gasteiger partial charge is 0.270 e. The standard InChI is InChI=1S/C23H18FN3O2S/c1-14-12-16(15(2)26(14)17-8-4-3-5-9-17)13-18-21(28)25-23(30)27(22(18)29)20-11-7-6-10-19(20)24/h3-13H,1-2H3,(H,25,28,30)/b18-13+. The van der Waals surface area contributed by atoms with E-state index in [1.807, 2.05) is 54.8 Å². The number of halogens is 1. The molecule has 1 aliphatic heterocycles. The van der Waals surface area contributed by atoms with Gasteiger partial charge in [-0.1, -0.05) is 30.3 Å². The summed E-state index contributed by atoms with van der Waals surface area (Å²) in [4.78, 5) is 26.7. The number of aryl methyl sites for hydroxylation is 1. The normalized spacial score (nSPS) is 15.6. The van der Waals surface area contributed by atoms with E-state index in [0.29, 0.717) is 0 Å². The highest BCUT2D eigenvalue weighted by molar-refractivity contribution is 7.80. The summed E-state index contributed by atoms with van der Waals surface area (Å²) in [6.07, 6.45) is 1.52. The van der Waals surface area contributed by atoms with E-state index >= 15 is 0 Å². The Bertz CT molecular complexity index is 1210. The van der Waals surface area contributed by atoms with Crippen LogP contribution in [0.1, 0.15) is 17.0 Å². The van der Waals surface area contributed by atoms with Crippen molar-refractivity contribution in [3.05, 3.63) is 89.0 Å². The van der Waals surface area contributed by atoms with Gasteiger partial charge < -0.3 is 4.57 Å². The summed E-state index contributed by atoms with van der Waals surface area (Å²) in [5, 5.41) is 2.33. The maximum Gasteiger partial charge on any atom is 0.270 e. The van der Waals surface area contributed by atoms with Gasteiger partial charge in [-0.05, 0) is 68.0 Å². The molecule has 1 fully saturated rings. The summed E-state index contributed by atoms with van der Waals surface area (Å²) in [6.45, 7) is 3.86. The average Bonchev–Trinajstić information content (AvgIpc) is 3.00. The molecule has 7 heteroatoms. The topological polar surface area (TPSA) is 54.3 Å². The number of thiocarbonyl (C=S) groups is 1. The van der Waals surface area contributed by atoms with E-state index in [1.165, 1.54) is 24.3 Å². The molecule has 0 radical (unpaired) electrons. The van der Waals surface area contributed by atoms with Crippen LogP contribution in [0.4, 0.5) is 10.1 Å². The molecule has 0 bridgehead atoms. The van der Waals surface area contributed by atoms with Gasteiger partial charge >= 0.3 is 0 Å². The van der Waals surface area contributed by atoms with E-state index in [1.54, 1.807) is 6.07 Å². The molecule has 0 aliphatic carbocycles. The summed E-state index contributed by atoms with van der Waals surface area (Å²) < 4.78 is 16.3. The molecule has 2 heterocycles. The van der Waals surface area contributed by atoms with Crippen LogP contribution in [0.25, 0.3) is 11.8 Å². The maximum absolute atomic E-state index is 14.3. The molecule has 2 aromatic carbocycles. The van der Waals surface area contributed by atoms with Gasteiger partial charge in [0, 0.05) is 17.1 Å². The number of carbonyl (C=O) groups is 2. The highest BCUT2D eigenvalue weighted by Crippen LogP contribution is 2.27. The fourth-order valence-corrected chi connectivity index (χ4v) is 3.85. The zero-order chi connectivity index (χ0) is 21.4. The summed E-state index contributed by atoms with van der Waals surface area (Å²) in [5.41, 5.74) is 3.41. The van der Waals surface area contributed by atoms with Crippen molar-refractivity contribution in [1.82, 2.24) is 9.88 Å². The third kappa shape index (κ3) is 3.33. The SMILES string of the molecule is Cc1cc(/C=C2\C(=O)NC(=S)N(c3ccccc3F)C2=O)c(C)n1-c1ccccc1. The molecule has 0 saturated carbocycles. The molecule has 0 unspecified atom stereocenters. The number of nitrogens with zero attached hydrogens (tertiary/aromatic N) is 2. The highest BCUT2D eigenvalue weighted by atomic mass is 32.1. The number of nitrogens with one attached hydrogen (secondary N) is 1. The Hall–Kier alpha value is -3.58. The van der Waals surface area contributed by atoms with Crippen molar-refractivity contribution in [2.45, 2.75) is 13.8 Å². The Labute approximate surface area is 178 Å². The zero-order valence-corrected chi connectivity index (χ0v) is 17.2. The molecule has 4 rings (SSSR count). The van der Waals surface area contributed by atoms with Crippen LogP contribution in [0.3, 0.4) is 0 Å². The minimum atomic E-state index is -0.668. The molecule has 3 aromatic rings. The molecule has 150 valence electrons. The number of anilines is 1. The second-order valence-electron chi connectivity index (χ2n) is 6.91. The number of hydrogen-bond donors (Lipinski definition) is 1. The average molecular weight is 419 g/mol. The Kier molecular flexibility index (Phi) is 5.05. The lowest BCUT2D eigenvalue weighted by molar-refractivity contribution is -0.122. The molecule has 30 heavy (non-hydrogen) atoms. The van der Waals surface area contributed by atoms with Crippen molar-refractivity contribution in [3.8, 4) is 5.69 Å². The van der Waals surface area contributed by atoms with E-state index in [2.05, 4.69) is 5.32 Å². The van der Waals surface area contributed by atoms with Gasteiger partial charge in [0.25, 0.3) is 11.8 Å². The second-order valence-corrected chi connectivity index (χ2v) is 7.29. The molecule has 1 N–H and O–H groups in total. The molecule has 1 aliphatic rings. The number of amides is 2. The van der Waals surface area contributed by atoms with Gasteiger partial charge in [0.05, 0.1) is 5.69 Å². The van der Waals surface area contributed by atoms with Crippen molar-refractivity contribution < 1.29 is 14.0 Å². The first-order valence-electron chi connectivity index (χ1n) is 9.29. The van der Waals surface area contributed by atoms with Crippen LogP contribution in [0.5, 0.6) is 0 Å². The van der Waals surface area contributed by atoms with Crippen molar-refractivity contribution in [1.29, 1.82) is 0 Å². The quantitative estimate of drug-likeness (QED) is 0.396. The van der Waals surface area contributed by atoms with Crippen LogP contribution in [0.15, 0.2) is 66.2 Å². The fourth-order valence-electron chi connectivity index (χ4n) is 3.57. The lowest BCUT2D eigenvalue weighted by Crippen LogP contribution is -2.54. The number of aromatic nitrogens is 1. The summed E-state index contributed by atoms with van der Waals surface area (Å²) >= 11 is 5.13. The van der Waals surface area contributed by atoms with Crippen LogP contribution in [0, 0.1) is 19.7 Å². The molecular formula is C23H18FN3O2S. The third-order valence-corrected chi connectivity index (χ3v) is 5.26. The van der Waals surface area contributed by atoms with E-state index in [-0.39, 0.29) is 16.4 Å². The van der Waals surface area contributed by atoms with Crippen LogP contribution >= 0.6 is 12.2 Å². The van der Waals surface area contributed by atoms with Crippen molar-refractivity contribution >= 4 is 40.9 Å². The van der Waals surface area contributed by atoms with E-state index in [0.717, 1.165) is 27.5 Å². The largest absolute Gasteiger partial charge is 0.318 e. The summed E-state index contributed by atoms with van der Waals surface area (Å²) in [5.74, 6) is -1.88. The van der Waals surface area contributed by atoms with Crippen LogP contribution < -0.4 is 10.2 Å². The lowest BCUT2D eigenvalue weighted by atomic mass is 10.1. The summed E-state index contributed by atoms with van der Waals surface area (Å²) in [6, 6.07) is 17.5. The predicted molar refractivity (Wildman–Crippen MR) is 118 cm³/mol. The molecule has 2 amide bonds. The number of benzene rings is 2. The minimum Gasteiger partial charge on any atom is -0.318 e. The van der Waals surface area contributed by atoms with Gasteiger partial charge in [0.2, 0.25) is 0 Å². The first-order valence-corrected chi connectivity index (χ1v) is 9.69. The Morgan fingerprint density at radius 1 is 1.00 bits per heavy atom. The predicted octanol–water partition coefficient (Wildman–Crippen LogP) is 4.06. The van der Waals surface area contributed by atoms with Gasteiger partial charge in [-0.25, -0.2) is 9.29 Å². The Morgan fingerprint density at radius 2 is 1.67 bits per heavy atom. The van der Waals surface area contributed by atoms with Crippen molar-refractivity contribution in [2.75, 3.05) is 4.90 Å². The zero-order valence-electron chi connectivity index (χ0n) is 16.3. The maximum atomic E-state index is 14.3. The molecule has 5 nitrogen and oxygen atoms in total. The van der Waals surface area contributed by atoms with Gasteiger partial charge in [-0.15, -0.1) is 0 Å². The Morgan fingerprint density at radius 3 is 2.37 bits per heavy atom. The summed E-state index contributed by atoms with van der Waals surface area (Å²) in [7, 11) is 0. The van der Waals surface area contributed by atoms with Gasteiger partial charge in [-0.3, -0.25) is 14.9 Å². The van der Waals surface area contributed by atoms with E-state index in [9.17, 15) is 14.0 Å². The number of carbonyl (C=O) groups excluding carboxylic acids is 2. The number of hydrogen-bond acceptors (Lipinski definition) is 3. The van der Waals surface area contributed by atoms with E-state index in [4.69, 9.17) is 12.2 Å². The Balaban J connectivity index is 1.78. The third-order valence-electron chi connectivity index (χ3n) is 4.98. The van der Waals surface area contributed by atoms with Gasteiger partial charge in [-0.2, -0.15) is 0 Å². The highest BCUT2D eigenvalue weighted by Gasteiger charge is 2.35. The number of para-hydroxylation sites is 2. The molecule has 1 aromatic heterocycles. The first kappa shape index (κ1) is 19.7. The van der Waals surface area contributed by atoms with Gasteiger partial charge in [0.1, 0.15) is 11.4 Å². The molecule has 1 saturated heterocycles. The minimum absolute atomic E-state index is 0.00633. The molecule has 0 atom stereocenters. The molecular weight excluding hydrogens is 401 g/mol. The fraction of sp³-hybridized carbons (Fsp3) is 0.0870. The van der Waals surface area contributed by atoms with Crippen molar-refractivity contribution in [3.63, 3.8) is 0 Å². The van der Waals surface area contributed by atoms with E-state index < -0.39 is 17.6 Å². The van der Waals surface area contributed by atoms with Crippen LogP contribution in [-0.4, -0.2) is 21.5 Å². The van der Waals surface area contributed by atoms with Crippen molar-refractivity contribution in [2.24, 2.45) is 0 Å². The molecule has 0 spiro atoms. The monoisotopic (exact) mass is 419 g/mol. The lowest BCUT2D eigenvalue weighted by Gasteiger charge is -2.29. The second kappa shape index (κ2) is 7.68. The van der Waals surface area contributed by atoms with Crippen LogP contribution in [-0.2, 0) is 9.59 Å².